The molecule has 6 nitrogen and oxygen atoms in total. The number of rotatable bonds is 9. The van der Waals surface area contributed by atoms with Gasteiger partial charge in [-0.2, -0.15) is 0 Å². The Morgan fingerprint density at radius 1 is 0.875 bits per heavy atom. The van der Waals surface area contributed by atoms with Crippen LogP contribution in [-0.2, 0) is 17.8 Å². The zero-order valence-corrected chi connectivity index (χ0v) is 22.4. The summed E-state index contributed by atoms with van der Waals surface area (Å²) in [6, 6.07) is 26.9. The monoisotopic (exact) mass is 552 g/mol. The van der Waals surface area contributed by atoms with Crippen LogP contribution in [0.25, 0.3) is 17.0 Å². The molecule has 5 rings (SSSR count). The Morgan fingerprint density at radius 2 is 1.60 bits per heavy atom. The van der Waals surface area contributed by atoms with E-state index in [1.165, 1.54) is 18.4 Å². The van der Waals surface area contributed by atoms with Crippen molar-refractivity contribution < 1.29 is 23.4 Å². The molecule has 40 heavy (non-hydrogen) atoms. The predicted octanol–water partition coefficient (Wildman–Crippen LogP) is 8.00. The molecule has 0 saturated carbocycles. The minimum absolute atomic E-state index is 0.0846. The summed E-state index contributed by atoms with van der Waals surface area (Å²) in [6.07, 6.45) is 4.99. The highest BCUT2D eigenvalue weighted by molar-refractivity contribution is 6.31. The van der Waals surface area contributed by atoms with Gasteiger partial charge in [0.25, 0.3) is 0 Å². The minimum atomic E-state index is -0.572. The van der Waals surface area contributed by atoms with Crippen LogP contribution in [0.4, 0.5) is 0 Å². The van der Waals surface area contributed by atoms with Crippen LogP contribution in [0.3, 0.4) is 0 Å². The minimum Gasteiger partial charge on any atom is -0.489 e. The summed E-state index contributed by atoms with van der Waals surface area (Å²) in [5, 5.41) is 0.972. The second-order valence-electron chi connectivity index (χ2n) is 8.85. The van der Waals surface area contributed by atoms with Crippen LogP contribution in [0.5, 0.6) is 23.0 Å². The highest BCUT2D eigenvalue weighted by Gasteiger charge is 2.12. The zero-order chi connectivity index (χ0) is 27.9. The van der Waals surface area contributed by atoms with Gasteiger partial charge in [-0.1, -0.05) is 67.1 Å². The van der Waals surface area contributed by atoms with Crippen LogP contribution < -0.4 is 19.6 Å². The van der Waals surface area contributed by atoms with Crippen LogP contribution in [0.1, 0.15) is 23.6 Å². The molecule has 0 saturated heterocycles. The summed E-state index contributed by atoms with van der Waals surface area (Å²) in [5.41, 5.74) is 2.64. The summed E-state index contributed by atoms with van der Waals surface area (Å²) in [4.78, 5) is 25.4. The van der Waals surface area contributed by atoms with Crippen molar-refractivity contribution in [2.45, 2.75) is 20.0 Å². The van der Waals surface area contributed by atoms with Crippen LogP contribution in [-0.4, -0.2) is 5.97 Å². The molecule has 0 radical (unpaired) electrons. The van der Waals surface area contributed by atoms with E-state index in [2.05, 4.69) is 0 Å². The van der Waals surface area contributed by atoms with E-state index in [-0.39, 0.29) is 22.5 Å². The number of halogens is 1. The number of ether oxygens (including phenoxy) is 3. The lowest BCUT2D eigenvalue weighted by Gasteiger charge is -2.09. The van der Waals surface area contributed by atoms with E-state index < -0.39 is 5.97 Å². The predicted molar refractivity (Wildman–Crippen MR) is 155 cm³/mol. The molecule has 0 amide bonds. The molecule has 0 aliphatic carbocycles. The van der Waals surface area contributed by atoms with Gasteiger partial charge in [-0.05, 0) is 60.0 Å². The molecule has 1 aromatic heterocycles. The van der Waals surface area contributed by atoms with E-state index in [0.717, 1.165) is 23.1 Å². The third-order valence-electron chi connectivity index (χ3n) is 6.15. The molecule has 5 aromatic rings. The number of carbonyl (C=O) groups excluding carboxylic acids is 1. The Morgan fingerprint density at radius 3 is 2.38 bits per heavy atom. The number of para-hydroxylation sites is 1. The number of aryl methyl sites for hydroxylation is 1. The highest BCUT2D eigenvalue weighted by Crippen LogP contribution is 2.27. The first-order valence-corrected chi connectivity index (χ1v) is 13.1. The van der Waals surface area contributed by atoms with Crippen molar-refractivity contribution in [3.63, 3.8) is 0 Å². The molecule has 0 fully saturated rings. The molecule has 0 aliphatic heterocycles. The molecule has 0 unspecified atom stereocenters. The van der Waals surface area contributed by atoms with E-state index in [9.17, 15) is 9.59 Å². The molecule has 0 N–H and O–H groups in total. The van der Waals surface area contributed by atoms with Gasteiger partial charge >= 0.3 is 5.97 Å². The zero-order valence-electron chi connectivity index (χ0n) is 21.6. The maximum atomic E-state index is 13.0. The smallest absolute Gasteiger partial charge is 0.336 e. The third-order valence-corrected chi connectivity index (χ3v) is 6.52. The molecule has 200 valence electrons. The van der Waals surface area contributed by atoms with Gasteiger partial charge in [-0.3, -0.25) is 4.79 Å². The Bertz CT molecular complexity index is 1740. The van der Waals surface area contributed by atoms with Crippen molar-refractivity contribution in [1.82, 2.24) is 0 Å². The molecule has 1 heterocycles. The number of carbonyl (C=O) groups is 1. The molecule has 0 bridgehead atoms. The summed E-state index contributed by atoms with van der Waals surface area (Å²) in [6.45, 7) is 2.37. The van der Waals surface area contributed by atoms with E-state index in [1.54, 1.807) is 18.2 Å². The fraction of sp³-hybridized carbons (Fsp3) is 0.0909. The number of hydrogen-bond acceptors (Lipinski definition) is 6. The van der Waals surface area contributed by atoms with Crippen molar-refractivity contribution in [3.8, 4) is 23.0 Å². The van der Waals surface area contributed by atoms with Crippen molar-refractivity contribution in [1.29, 1.82) is 0 Å². The highest BCUT2D eigenvalue weighted by atomic mass is 35.5. The number of hydrogen-bond donors (Lipinski definition) is 0. The van der Waals surface area contributed by atoms with E-state index in [1.807, 2.05) is 79.7 Å². The van der Waals surface area contributed by atoms with Gasteiger partial charge in [0.15, 0.2) is 0 Å². The topological polar surface area (TPSA) is 75.0 Å². The lowest BCUT2D eigenvalue weighted by Crippen LogP contribution is -2.07. The third kappa shape index (κ3) is 6.42. The maximum Gasteiger partial charge on any atom is 0.336 e. The summed E-state index contributed by atoms with van der Waals surface area (Å²) in [5.74, 6) is 1.05. The summed E-state index contributed by atoms with van der Waals surface area (Å²) >= 11 is 6.17. The second kappa shape index (κ2) is 12.4. The van der Waals surface area contributed by atoms with Gasteiger partial charge < -0.3 is 18.6 Å². The second-order valence-corrected chi connectivity index (χ2v) is 9.26. The molecule has 4 aromatic carbocycles. The summed E-state index contributed by atoms with van der Waals surface area (Å²) in [7, 11) is 0. The fourth-order valence-corrected chi connectivity index (χ4v) is 4.20. The molecule has 7 heteroatoms. The average molecular weight is 553 g/mol. The first-order chi connectivity index (χ1) is 19.5. The van der Waals surface area contributed by atoms with E-state index >= 15 is 0 Å². The van der Waals surface area contributed by atoms with Gasteiger partial charge in [0, 0.05) is 22.7 Å². The lowest BCUT2D eigenvalue weighted by atomic mass is 10.1. The number of fused-ring (bicyclic) bond motifs is 1. The number of esters is 1. The van der Waals surface area contributed by atoms with Crippen molar-refractivity contribution in [2.24, 2.45) is 0 Å². The summed E-state index contributed by atoms with van der Waals surface area (Å²) < 4.78 is 22.7. The molecule has 0 atom stereocenters. The van der Waals surface area contributed by atoms with Gasteiger partial charge in [0.05, 0.1) is 5.39 Å². The normalized spacial score (nSPS) is 11.1. The first kappa shape index (κ1) is 26.8. The first-order valence-electron chi connectivity index (χ1n) is 12.7. The van der Waals surface area contributed by atoms with Crippen LogP contribution >= 0.6 is 11.6 Å². The van der Waals surface area contributed by atoms with Gasteiger partial charge in [0.1, 0.15) is 35.7 Å². The van der Waals surface area contributed by atoms with Gasteiger partial charge in [0.2, 0.25) is 11.2 Å². The standard InChI is InChI=1S/C33H25ClO6/c1-2-23-7-4-6-10-29(23)40-31-21-38-30-19-26(16-17-27(30)33(31)36)39-32(35)18-13-22-11-14-25(15-12-22)37-20-24-8-3-5-9-28(24)34/h3-19,21H,2,20H2,1H3/b18-13+. The lowest BCUT2D eigenvalue weighted by molar-refractivity contribution is -0.128. The van der Waals surface area contributed by atoms with Crippen molar-refractivity contribution in [3.05, 3.63) is 135 Å². The quantitative estimate of drug-likeness (QED) is 0.105. The Balaban J connectivity index is 1.21. The fourth-order valence-electron chi connectivity index (χ4n) is 4.00. The Labute approximate surface area is 236 Å². The largest absolute Gasteiger partial charge is 0.489 e. The SMILES string of the molecule is CCc1ccccc1Oc1coc2cc(OC(=O)/C=C/c3ccc(OCc4ccccc4Cl)cc3)ccc2c1=O. The maximum absolute atomic E-state index is 13.0. The Hall–Kier alpha value is -4.81. The molecular weight excluding hydrogens is 528 g/mol. The van der Waals surface area contributed by atoms with Crippen molar-refractivity contribution in [2.75, 3.05) is 0 Å². The Kier molecular flexibility index (Phi) is 8.28. The van der Waals surface area contributed by atoms with Gasteiger partial charge in [-0.15, -0.1) is 0 Å². The van der Waals surface area contributed by atoms with Crippen LogP contribution in [0.15, 0.2) is 113 Å². The average Bonchev–Trinajstić information content (AvgIpc) is 2.98. The molecule has 0 aliphatic rings. The molecular formula is C33H25ClO6. The van der Waals surface area contributed by atoms with E-state index in [4.69, 9.17) is 30.2 Å². The van der Waals surface area contributed by atoms with Crippen LogP contribution in [0, 0.1) is 0 Å². The van der Waals surface area contributed by atoms with E-state index in [0.29, 0.717) is 28.5 Å². The van der Waals surface area contributed by atoms with Crippen LogP contribution in [0.2, 0.25) is 5.02 Å². The molecule has 0 spiro atoms. The van der Waals surface area contributed by atoms with Crippen molar-refractivity contribution >= 4 is 34.6 Å². The number of benzene rings is 4. The van der Waals surface area contributed by atoms with Gasteiger partial charge in [-0.25, -0.2) is 4.79 Å².